The summed E-state index contributed by atoms with van der Waals surface area (Å²) in [6.07, 6.45) is -0.698. The molecule has 1 atom stereocenters. The van der Waals surface area contributed by atoms with Crippen LogP contribution in [0.2, 0.25) is 5.02 Å². The number of aliphatic hydroxyl groups excluding tert-OH is 1. The molecule has 0 spiro atoms. The summed E-state index contributed by atoms with van der Waals surface area (Å²) in [5.74, 6) is 0.305. The maximum Gasteiger partial charge on any atom is 0.124 e. The summed E-state index contributed by atoms with van der Waals surface area (Å²) in [5, 5.41) is 13.0. The van der Waals surface area contributed by atoms with Crippen LogP contribution in [0.3, 0.4) is 0 Å². The second-order valence-electron chi connectivity index (χ2n) is 4.28. The van der Waals surface area contributed by atoms with Gasteiger partial charge in [-0.05, 0) is 30.3 Å². The van der Waals surface area contributed by atoms with Crippen molar-refractivity contribution >= 4 is 17.3 Å². The van der Waals surface area contributed by atoms with Gasteiger partial charge in [0.15, 0.2) is 0 Å². The van der Waals surface area contributed by atoms with Crippen LogP contribution in [0.5, 0.6) is 5.75 Å². The fraction of sp³-hybridized carbons (Fsp3) is 0.200. The molecule has 0 heterocycles. The first-order chi connectivity index (χ1) is 9.65. The molecule has 106 valence electrons. The molecule has 2 aromatic carbocycles. The molecule has 2 N–H and O–H groups in total. The molecule has 0 saturated heterocycles. The fourth-order valence-corrected chi connectivity index (χ4v) is 1.86. The van der Waals surface area contributed by atoms with Crippen LogP contribution in [0.1, 0.15) is 0 Å². The summed E-state index contributed by atoms with van der Waals surface area (Å²) in [4.78, 5) is 0. The van der Waals surface area contributed by atoms with Gasteiger partial charge < -0.3 is 15.2 Å². The molecule has 0 amide bonds. The number of aliphatic hydroxyl groups is 1. The molecule has 0 radical (unpaired) electrons. The molecule has 0 aliphatic carbocycles. The Hall–Kier alpha value is -1.78. The molecule has 2 aromatic rings. The van der Waals surface area contributed by atoms with E-state index >= 15 is 0 Å². The average Bonchev–Trinajstić information content (AvgIpc) is 2.45. The Labute approximate surface area is 122 Å². The Morgan fingerprint density at radius 2 is 1.95 bits per heavy atom. The van der Waals surface area contributed by atoms with Crippen LogP contribution in [-0.4, -0.2) is 24.4 Å². The van der Waals surface area contributed by atoms with Gasteiger partial charge in [-0.15, -0.1) is 0 Å². The number of rotatable bonds is 6. The normalized spacial score (nSPS) is 11.9. The van der Waals surface area contributed by atoms with E-state index in [9.17, 15) is 9.50 Å². The molecule has 0 saturated carbocycles. The van der Waals surface area contributed by atoms with Crippen molar-refractivity contribution in [2.24, 2.45) is 0 Å². The second kappa shape index (κ2) is 7.12. The number of ether oxygens (including phenoxy) is 1. The van der Waals surface area contributed by atoms with E-state index in [2.05, 4.69) is 5.32 Å². The third-order valence-electron chi connectivity index (χ3n) is 2.64. The highest BCUT2D eigenvalue weighted by Gasteiger charge is 2.07. The lowest BCUT2D eigenvalue weighted by Gasteiger charge is -2.14. The van der Waals surface area contributed by atoms with Crippen molar-refractivity contribution in [3.8, 4) is 5.75 Å². The lowest BCUT2D eigenvalue weighted by Crippen LogP contribution is -2.26. The summed E-state index contributed by atoms with van der Waals surface area (Å²) in [7, 11) is 0. The Balaban J connectivity index is 1.79. The highest BCUT2D eigenvalue weighted by molar-refractivity contribution is 6.33. The smallest absolute Gasteiger partial charge is 0.124 e. The molecule has 0 aliphatic heterocycles. The first-order valence-electron chi connectivity index (χ1n) is 6.20. The molecule has 1 unspecified atom stereocenters. The summed E-state index contributed by atoms with van der Waals surface area (Å²) < 4.78 is 18.3. The van der Waals surface area contributed by atoms with E-state index in [0.29, 0.717) is 11.4 Å². The van der Waals surface area contributed by atoms with Gasteiger partial charge in [0.05, 0.1) is 10.7 Å². The van der Waals surface area contributed by atoms with Crippen molar-refractivity contribution < 1.29 is 14.2 Å². The summed E-state index contributed by atoms with van der Waals surface area (Å²) in [6.45, 7) is 0.425. The fourth-order valence-electron chi connectivity index (χ4n) is 1.63. The van der Waals surface area contributed by atoms with E-state index in [4.69, 9.17) is 16.3 Å². The van der Waals surface area contributed by atoms with Crippen LogP contribution < -0.4 is 10.1 Å². The Kier molecular flexibility index (Phi) is 5.21. The van der Waals surface area contributed by atoms with E-state index in [-0.39, 0.29) is 18.2 Å². The monoisotopic (exact) mass is 295 g/mol. The van der Waals surface area contributed by atoms with Gasteiger partial charge in [0.25, 0.3) is 0 Å². The van der Waals surface area contributed by atoms with Gasteiger partial charge in [0.2, 0.25) is 0 Å². The van der Waals surface area contributed by atoms with Crippen LogP contribution in [0.15, 0.2) is 48.5 Å². The number of anilines is 1. The van der Waals surface area contributed by atoms with E-state index in [1.165, 1.54) is 18.2 Å². The minimum atomic E-state index is -0.698. The summed E-state index contributed by atoms with van der Waals surface area (Å²) in [6, 6.07) is 13.3. The van der Waals surface area contributed by atoms with Gasteiger partial charge in [-0.25, -0.2) is 4.39 Å². The highest BCUT2D eigenvalue weighted by Crippen LogP contribution is 2.22. The second-order valence-corrected chi connectivity index (χ2v) is 4.69. The molecular weight excluding hydrogens is 281 g/mol. The van der Waals surface area contributed by atoms with Crippen molar-refractivity contribution in [2.75, 3.05) is 18.5 Å². The van der Waals surface area contributed by atoms with E-state index in [0.717, 1.165) is 0 Å². The van der Waals surface area contributed by atoms with Crippen molar-refractivity contribution in [1.82, 2.24) is 0 Å². The third kappa shape index (κ3) is 4.40. The molecule has 0 fully saturated rings. The van der Waals surface area contributed by atoms with Crippen molar-refractivity contribution in [3.63, 3.8) is 0 Å². The number of halogens is 2. The summed E-state index contributed by atoms with van der Waals surface area (Å²) in [5.41, 5.74) is 0.576. The largest absolute Gasteiger partial charge is 0.491 e. The predicted octanol–water partition coefficient (Wildman–Crippen LogP) is 3.33. The molecule has 0 aliphatic rings. The zero-order valence-electron chi connectivity index (χ0n) is 10.7. The lowest BCUT2D eigenvalue weighted by molar-refractivity contribution is 0.117. The first kappa shape index (κ1) is 14.6. The van der Waals surface area contributed by atoms with Gasteiger partial charge >= 0.3 is 0 Å². The highest BCUT2D eigenvalue weighted by atomic mass is 35.5. The van der Waals surface area contributed by atoms with Crippen LogP contribution in [0.4, 0.5) is 10.1 Å². The predicted molar refractivity (Wildman–Crippen MR) is 77.8 cm³/mol. The van der Waals surface area contributed by atoms with Crippen LogP contribution in [0, 0.1) is 5.82 Å². The maximum absolute atomic E-state index is 12.9. The van der Waals surface area contributed by atoms with Crippen LogP contribution >= 0.6 is 11.6 Å². The molecule has 20 heavy (non-hydrogen) atoms. The SMILES string of the molecule is OC(CNc1ccc(F)cc1Cl)COc1ccccc1. The van der Waals surface area contributed by atoms with Crippen molar-refractivity contribution in [3.05, 3.63) is 59.4 Å². The van der Waals surface area contributed by atoms with Gasteiger partial charge in [-0.1, -0.05) is 29.8 Å². The number of hydrogen-bond donors (Lipinski definition) is 2. The molecule has 0 aromatic heterocycles. The maximum atomic E-state index is 12.9. The molecule has 5 heteroatoms. The average molecular weight is 296 g/mol. The van der Waals surface area contributed by atoms with Gasteiger partial charge in [-0.3, -0.25) is 0 Å². The van der Waals surface area contributed by atoms with Crippen LogP contribution in [-0.2, 0) is 0 Å². The first-order valence-corrected chi connectivity index (χ1v) is 6.58. The van der Waals surface area contributed by atoms with E-state index in [1.54, 1.807) is 0 Å². The topological polar surface area (TPSA) is 41.5 Å². The Morgan fingerprint density at radius 1 is 1.20 bits per heavy atom. The van der Waals surface area contributed by atoms with E-state index in [1.807, 2.05) is 30.3 Å². The van der Waals surface area contributed by atoms with Gasteiger partial charge in [0, 0.05) is 6.54 Å². The summed E-state index contributed by atoms with van der Waals surface area (Å²) >= 11 is 5.87. The van der Waals surface area contributed by atoms with Crippen LogP contribution in [0.25, 0.3) is 0 Å². The molecule has 3 nitrogen and oxygen atoms in total. The molecule has 2 rings (SSSR count). The standard InChI is InChI=1S/C15H15ClFNO2/c16-14-8-11(17)6-7-15(14)18-9-12(19)10-20-13-4-2-1-3-5-13/h1-8,12,18-19H,9-10H2. The number of nitrogens with one attached hydrogen (secondary N) is 1. The lowest BCUT2D eigenvalue weighted by atomic mass is 10.3. The Bertz CT molecular complexity index is 551. The van der Waals surface area contributed by atoms with Gasteiger partial charge in [0.1, 0.15) is 24.3 Å². The third-order valence-corrected chi connectivity index (χ3v) is 2.96. The van der Waals surface area contributed by atoms with Crippen molar-refractivity contribution in [1.29, 1.82) is 0 Å². The number of hydrogen-bond acceptors (Lipinski definition) is 3. The zero-order chi connectivity index (χ0) is 14.4. The van der Waals surface area contributed by atoms with Gasteiger partial charge in [-0.2, -0.15) is 0 Å². The quantitative estimate of drug-likeness (QED) is 0.859. The zero-order valence-corrected chi connectivity index (χ0v) is 11.5. The minimum Gasteiger partial charge on any atom is -0.491 e. The number of benzene rings is 2. The molecular formula is C15H15ClFNO2. The minimum absolute atomic E-state index is 0.163. The molecule has 0 bridgehead atoms. The van der Waals surface area contributed by atoms with E-state index < -0.39 is 11.9 Å². The number of para-hydroxylation sites is 1. The van der Waals surface area contributed by atoms with Crippen molar-refractivity contribution in [2.45, 2.75) is 6.10 Å². The Morgan fingerprint density at radius 3 is 2.65 bits per heavy atom.